The monoisotopic (exact) mass is 912 g/mol. The first-order valence-electron chi connectivity index (χ1n) is 10.8. The van der Waals surface area contributed by atoms with Gasteiger partial charge in [-0.05, 0) is 0 Å². The van der Waals surface area contributed by atoms with Crippen molar-refractivity contribution >= 4 is 155 Å². The van der Waals surface area contributed by atoms with Crippen LogP contribution in [0.15, 0.2) is 15.8 Å². The fourth-order valence-corrected chi connectivity index (χ4v) is 7.07. The van der Waals surface area contributed by atoms with Gasteiger partial charge in [-0.15, -0.1) is 0 Å². The molecule has 1 aromatic heterocycles. The molecule has 0 bridgehead atoms. The van der Waals surface area contributed by atoms with Gasteiger partial charge in [-0.3, -0.25) is 41.5 Å². The van der Waals surface area contributed by atoms with Crippen LogP contribution in [0.3, 0.4) is 0 Å². The van der Waals surface area contributed by atoms with Crippen molar-refractivity contribution in [2.75, 3.05) is 26.4 Å². The topological polar surface area (TPSA) is 154 Å². The lowest BCUT2D eigenvalue weighted by Gasteiger charge is -2.28. The molecule has 256 valence electrons. The van der Waals surface area contributed by atoms with E-state index in [9.17, 15) is 23.1 Å². The number of nitrogens with one attached hydrogen (secondary N) is 1. The standard InChI is InChI=1S/C16H15Cl12FN2O11P2/c17-13(18,19)3-36-43(34,37-4-14(20,21)22)41-8-1-9(31-2-7(29)10(32)30-12(31)33)40-11(8)42-44(35,38-5-15(23,24)25)39-6-16(26,27)28/h2,8-9,11H,1,3-6H2,(H,30,32,33). The number of rotatable bonds is 13. The Morgan fingerprint density at radius 1 is 0.773 bits per heavy atom. The van der Waals surface area contributed by atoms with Crippen LogP contribution in [0.5, 0.6) is 0 Å². The van der Waals surface area contributed by atoms with E-state index in [2.05, 4.69) is 0 Å². The number of aromatic amines is 1. The van der Waals surface area contributed by atoms with Gasteiger partial charge in [-0.2, -0.15) is 4.39 Å². The van der Waals surface area contributed by atoms with Gasteiger partial charge in [-0.1, -0.05) is 139 Å². The highest BCUT2D eigenvalue weighted by Crippen LogP contribution is 2.59. The molecule has 1 fully saturated rings. The molecular weight excluding hydrogens is 903 g/mol. The van der Waals surface area contributed by atoms with Crippen molar-refractivity contribution < 1.29 is 45.4 Å². The number of phosphoric ester groups is 2. The highest BCUT2D eigenvalue weighted by atomic mass is 35.6. The number of H-pyrrole nitrogens is 1. The maximum Gasteiger partial charge on any atom is 0.477 e. The summed E-state index contributed by atoms with van der Waals surface area (Å²) >= 11 is 67.9. The van der Waals surface area contributed by atoms with Crippen LogP contribution in [0.1, 0.15) is 12.6 Å². The smallest absolute Gasteiger partial charge is 0.326 e. The van der Waals surface area contributed by atoms with Crippen molar-refractivity contribution in [1.29, 1.82) is 0 Å². The fourth-order valence-electron chi connectivity index (χ4n) is 2.75. The molecule has 0 radical (unpaired) electrons. The molecule has 0 aromatic carbocycles. The summed E-state index contributed by atoms with van der Waals surface area (Å²) < 4.78 is 69.3. The molecule has 44 heavy (non-hydrogen) atoms. The first-order valence-corrected chi connectivity index (χ1v) is 18.2. The summed E-state index contributed by atoms with van der Waals surface area (Å²) in [6.07, 6.45) is -5.64. The van der Waals surface area contributed by atoms with E-state index in [0.29, 0.717) is 10.8 Å². The molecule has 1 aliphatic heterocycles. The lowest BCUT2D eigenvalue weighted by Crippen LogP contribution is -2.34. The molecule has 3 atom stereocenters. The number of nitrogens with zero attached hydrogens (tertiary/aromatic N) is 1. The van der Waals surface area contributed by atoms with Crippen molar-refractivity contribution in [3.05, 3.63) is 32.9 Å². The van der Waals surface area contributed by atoms with Crippen molar-refractivity contribution in [2.45, 2.75) is 40.2 Å². The van der Waals surface area contributed by atoms with E-state index in [-0.39, 0.29) is 0 Å². The minimum atomic E-state index is -5.02. The SMILES string of the molecule is O=c1[nH]c(=O)n(C2CC(OP(=O)(OCC(Cl)(Cl)Cl)OCC(Cl)(Cl)Cl)C(OP(=O)(OCC(Cl)(Cl)Cl)OCC(Cl)(Cl)Cl)O2)cc1F. The second-order valence-corrected chi connectivity index (χ2v) is 21.3. The van der Waals surface area contributed by atoms with E-state index in [4.69, 9.17) is 171 Å². The van der Waals surface area contributed by atoms with Crippen molar-refractivity contribution in [3.63, 3.8) is 0 Å². The third-order valence-corrected chi connectivity index (χ3v) is 8.39. The minimum absolute atomic E-state index is 0.460. The first kappa shape index (κ1) is 42.4. The Bertz CT molecular complexity index is 1240. The number of halogens is 13. The molecule has 0 saturated carbocycles. The zero-order valence-electron chi connectivity index (χ0n) is 20.6. The van der Waals surface area contributed by atoms with Crippen LogP contribution < -0.4 is 11.2 Å². The van der Waals surface area contributed by atoms with Crippen molar-refractivity contribution in [3.8, 4) is 0 Å². The molecule has 28 heteroatoms. The molecule has 0 aliphatic carbocycles. The lowest BCUT2D eigenvalue weighted by molar-refractivity contribution is -0.138. The second kappa shape index (κ2) is 16.5. The lowest BCUT2D eigenvalue weighted by atomic mass is 10.2. The maximum atomic E-state index is 14.1. The molecule has 1 aliphatic rings. The first-order chi connectivity index (χ1) is 19.7. The number of ether oxygens (including phenoxy) is 1. The fraction of sp³-hybridized carbons (Fsp3) is 0.750. The Hall–Kier alpha value is 2.27. The average Bonchev–Trinajstić information content (AvgIpc) is 3.21. The summed E-state index contributed by atoms with van der Waals surface area (Å²) in [6, 6.07) is 0. The van der Waals surface area contributed by atoms with E-state index in [1.165, 1.54) is 0 Å². The summed E-state index contributed by atoms with van der Waals surface area (Å²) in [5, 5.41) is 0. The molecule has 13 nitrogen and oxygen atoms in total. The van der Waals surface area contributed by atoms with Crippen molar-refractivity contribution in [2.24, 2.45) is 0 Å². The number of aromatic nitrogens is 2. The molecule has 1 saturated heterocycles. The largest absolute Gasteiger partial charge is 0.477 e. The second-order valence-electron chi connectivity index (χ2n) is 8.04. The van der Waals surface area contributed by atoms with Crippen LogP contribution in [0, 0.1) is 5.82 Å². The Labute approximate surface area is 306 Å². The molecular formula is C16H15Cl12FN2O11P2. The van der Waals surface area contributed by atoms with Crippen LogP contribution in [0.2, 0.25) is 0 Å². The summed E-state index contributed by atoms with van der Waals surface area (Å²) in [5.74, 6) is -1.42. The number of hydrogen-bond acceptors (Lipinski definition) is 11. The third kappa shape index (κ3) is 15.9. The molecule has 0 amide bonds. The Balaban J connectivity index is 2.53. The average molecular weight is 918 g/mol. The molecule has 0 spiro atoms. The Morgan fingerprint density at radius 2 is 1.16 bits per heavy atom. The number of hydrogen-bond donors (Lipinski definition) is 1. The van der Waals surface area contributed by atoms with Gasteiger partial charge in [0.2, 0.25) is 21.0 Å². The Morgan fingerprint density at radius 3 is 1.55 bits per heavy atom. The summed E-state index contributed by atoms with van der Waals surface area (Å²) in [5.41, 5.74) is -2.55. The van der Waals surface area contributed by atoms with Crippen LogP contribution >= 0.6 is 155 Å². The highest BCUT2D eigenvalue weighted by Gasteiger charge is 2.49. The predicted molar refractivity (Wildman–Crippen MR) is 166 cm³/mol. The van der Waals surface area contributed by atoms with E-state index in [1.807, 2.05) is 0 Å². The van der Waals surface area contributed by atoms with Crippen LogP contribution in [-0.2, 0) is 41.0 Å². The zero-order valence-corrected chi connectivity index (χ0v) is 31.5. The molecule has 2 rings (SSSR count). The van der Waals surface area contributed by atoms with Crippen LogP contribution in [0.4, 0.5) is 4.39 Å². The van der Waals surface area contributed by atoms with E-state index in [1.54, 1.807) is 4.98 Å². The summed E-state index contributed by atoms with van der Waals surface area (Å²) in [6.45, 7) is -3.76. The van der Waals surface area contributed by atoms with Gasteiger partial charge in [0.05, 0.1) is 6.20 Å². The highest BCUT2D eigenvalue weighted by molar-refractivity contribution is 7.49. The van der Waals surface area contributed by atoms with Gasteiger partial charge >= 0.3 is 21.3 Å². The molecule has 3 unspecified atom stereocenters. The van der Waals surface area contributed by atoms with E-state index in [0.717, 1.165) is 0 Å². The number of phosphoric acid groups is 2. The van der Waals surface area contributed by atoms with Gasteiger partial charge in [0.25, 0.3) is 5.56 Å². The quantitative estimate of drug-likeness (QED) is 0.151. The molecule has 2 heterocycles. The summed E-state index contributed by atoms with van der Waals surface area (Å²) in [7, 11) is -10.0. The van der Waals surface area contributed by atoms with Gasteiger partial charge in [0.1, 0.15) is 38.8 Å². The Kier molecular flexibility index (Phi) is 15.9. The normalized spacial score (nSPS) is 20.8. The van der Waals surface area contributed by atoms with Gasteiger partial charge in [0.15, 0.2) is 6.29 Å². The van der Waals surface area contributed by atoms with E-state index >= 15 is 0 Å². The van der Waals surface area contributed by atoms with Gasteiger partial charge in [-0.25, -0.2) is 13.9 Å². The third-order valence-electron chi connectivity index (χ3n) is 4.31. The molecule has 1 N–H and O–H groups in total. The van der Waals surface area contributed by atoms with E-state index < -0.39 is 99.4 Å². The summed E-state index contributed by atoms with van der Waals surface area (Å²) in [4.78, 5) is 25.6. The maximum absolute atomic E-state index is 14.1. The minimum Gasteiger partial charge on any atom is -0.326 e. The van der Waals surface area contributed by atoms with Gasteiger partial charge in [0, 0.05) is 6.42 Å². The van der Waals surface area contributed by atoms with Crippen molar-refractivity contribution in [1.82, 2.24) is 9.55 Å². The molecule has 1 aromatic rings. The van der Waals surface area contributed by atoms with Crippen LogP contribution in [-0.4, -0.2) is 63.5 Å². The van der Waals surface area contributed by atoms with Gasteiger partial charge < -0.3 is 4.74 Å². The van der Waals surface area contributed by atoms with Crippen LogP contribution in [0.25, 0.3) is 0 Å². The number of alkyl halides is 12. The predicted octanol–water partition coefficient (Wildman–Crippen LogP) is 8.09. The zero-order chi connectivity index (χ0) is 33.9.